The molecular weight excluding hydrogens is 312 g/mol. The third kappa shape index (κ3) is 3.71. The number of aryl methyl sites for hydroxylation is 1. The van der Waals surface area contributed by atoms with Gasteiger partial charge in [0.1, 0.15) is 0 Å². The van der Waals surface area contributed by atoms with Crippen molar-refractivity contribution in [3.63, 3.8) is 0 Å². The predicted octanol–water partition coefficient (Wildman–Crippen LogP) is 2.28. The first-order valence-electron chi connectivity index (χ1n) is 6.46. The third-order valence-corrected chi connectivity index (χ3v) is 4.70. The van der Waals surface area contributed by atoms with Gasteiger partial charge in [-0.2, -0.15) is 0 Å². The second kappa shape index (κ2) is 6.41. The van der Waals surface area contributed by atoms with E-state index in [4.69, 9.17) is 11.6 Å². The maximum Gasteiger partial charge on any atom is 0.288 e. The molecule has 1 heterocycles. The molecule has 21 heavy (non-hydrogen) atoms. The first-order valence-corrected chi connectivity index (χ1v) is 8.49. The molecule has 1 aromatic carbocycles. The molecule has 0 fully saturated rings. The molecule has 7 heteroatoms. The van der Waals surface area contributed by atoms with Crippen LogP contribution in [0.4, 0.5) is 0 Å². The van der Waals surface area contributed by atoms with E-state index < -0.39 is 20.4 Å². The van der Waals surface area contributed by atoms with Crippen molar-refractivity contribution < 1.29 is 8.42 Å². The average molecular weight is 327 g/mol. The fourth-order valence-electron chi connectivity index (χ4n) is 1.97. The number of hydrogen-bond acceptors (Lipinski definition) is 4. The molecule has 0 aliphatic heterocycles. The fourth-order valence-corrected chi connectivity index (χ4v) is 3.54. The van der Waals surface area contributed by atoms with Gasteiger partial charge in [0.15, 0.2) is 0 Å². The maximum atomic E-state index is 12.4. The lowest BCUT2D eigenvalue weighted by molar-refractivity contribution is 0.578. The summed E-state index contributed by atoms with van der Waals surface area (Å²) in [6.07, 6.45) is 3.56. The Kier molecular flexibility index (Phi) is 4.80. The Morgan fingerprint density at radius 3 is 2.76 bits per heavy atom. The Morgan fingerprint density at radius 2 is 2.10 bits per heavy atom. The van der Waals surface area contributed by atoms with E-state index in [0.717, 1.165) is 6.42 Å². The predicted molar refractivity (Wildman–Crippen MR) is 81.1 cm³/mol. The smallest absolute Gasteiger partial charge is 0.288 e. The molecule has 0 saturated carbocycles. The lowest BCUT2D eigenvalue weighted by Gasteiger charge is -2.07. The van der Waals surface area contributed by atoms with Crippen LogP contribution in [-0.4, -0.2) is 18.0 Å². The van der Waals surface area contributed by atoms with Crippen molar-refractivity contribution in [2.45, 2.75) is 30.7 Å². The minimum atomic E-state index is -3.80. The summed E-state index contributed by atoms with van der Waals surface area (Å²) < 4.78 is 26.1. The second-order valence-corrected chi connectivity index (χ2v) is 6.96. The lowest BCUT2D eigenvalue weighted by atomic mass is 10.2. The number of halogens is 1. The molecular formula is C14H15ClN2O3S. The number of sulfone groups is 1. The van der Waals surface area contributed by atoms with Gasteiger partial charge in [0.05, 0.1) is 5.75 Å². The van der Waals surface area contributed by atoms with Gasteiger partial charge in [-0.3, -0.25) is 4.79 Å². The molecule has 0 N–H and O–H groups in total. The van der Waals surface area contributed by atoms with Gasteiger partial charge < -0.3 is 4.57 Å². The standard InChI is InChI=1S/C14H15ClN2O3S/c1-2-7-17-8-6-16-13(14(17)18)21(19,20)10-11-4-3-5-12(15)9-11/h3-6,8-9H,2,7,10H2,1H3. The fraction of sp³-hybridized carbons (Fsp3) is 0.286. The highest BCUT2D eigenvalue weighted by Gasteiger charge is 2.22. The van der Waals surface area contributed by atoms with Gasteiger partial charge in [0.25, 0.3) is 5.56 Å². The molecule has 0 saturated heterocycles. The summed E-state index contributed by atoms with van der Waals surface area (Å²) >= 11 is 5.84. The number of rotatable bonds is 5. The van der Waals surface area contributed by atoms with E-state index in [9.17, 15) is 13.2 Å². The van der Waals surface area contributed by atoms with Gasteiger partial charge in [-0.05, 0) is 24.1 Å². The minimum Gasteiger partial charge on any atom is -0.312 e. The maximum absolute atomic E-state index is 12.4. The van der Waals surface area contributed by atoms with Gasteiger partial charge in [-0.25, -0.2) is 13.4 Å². The van der Waals surface area contributed by atoms with Crippen LogP contribution >= 0.6 is 11.6 Å². The summed E-state index contributed by atoms with van der Waals surface area (Å²) in [5.41, 5.74) is -0.0593. The Morgan fingerprint density at radius 1 is 1.33 bits per heavy atom. The molecule has 0 aliphatic rings. The summed E-state index contributed by atoms with van der Waals surface area (Å²) in [5.74, 6) is -0.300. The molecule has 0 bridgehead atoms. The van der Waals surface area contributed by atoms with Gasteiger partial charge in [-0.15, -0.1) is 0 Å². The molecule has 112 valence electrons. The Bertz CT molecular complexity index is 800. The van der Waals surface area contributed by atoms with Crippen molar-refractivity contribution in [1.82, 2.24) is 9.55 Å². The topological polar surface area (TPSA) is 69.0 Å². The zero-order valence-corrected chi connectivity index (χ0v) is 13.1. The van der Waals surface area contributed by atoms with E-state index in [2.05, 4.69) is 4.98 Å². The summed E-state index contributed by atoms with van der Waals surface area (Å²) in [4.78, 5) is 15.9. The number of aromatic nitrogens is 2. The third-order valence-electron chi connectivity index (χ3n) is 2.89. The lowest BCUT2D eigenvalue weighted by Crippen LogP contribution is -2.27. The van der Waals surface area contributed by atoms with Crippen LogP contribution in [0.3, 0.4) is 0 Å². The van der Waals surface area contributed by atoms with Crippen molar-refractivity contribution in [3.05, 3.63) is 57.6 Å². The van der Waals surface area contributed by atoms with Crippen LogP contribution in [-0.2, 0) is 22.1 Å². The number of nitrogens with zero attached hydrogens (tertiary/aromatic N) is 2. The van der Waals surface area contributed by atoms with E-state index in [1.807, 2.05) is 6.92 Å². The van der Waals surface area contributed by atoms with E-state index in [-0.39, 0.29) is 5.75 Å². The van der Waals surface area contributed by atoms with Crippen molar-refractivity contribution in [2.24, 2.45) is 0 Å². The van der Waals surface area contributed by atoms with Crippen LogP contribution in [0.1, 0.15) is 18.9 Å². The van der Waals surface area contributed by atoms with Gasteiger partial charge in [0.2, 0.25) is 14.9 Å². The first-order chi connectivity index (χ1) is 9.94. The SMILES string of the molecule is CCCn1ccnc(S(=O)(=O)Cc2cccc(Cl)c2)c1=O. The van der Waals surface area contributed by atoms with Crippen LogP contribution in [0.25, 0.3) is 0 Å². The van der Waals surface area contributed by atoms with Crippen LogP contribution in [0.5, 0.6) is 0 Å². The summed E-state index contributed by atoms with van der Waals surface area (Å²) in [5, 5.41) is 0.0329. The van der Waals surface area contributed by atoms with Crippen LogP contribution in [0.15, 0.2) is 46.5 Å². The molecule has 0 atom stereocenters. The molecule has 5 nitrogen and oxygen atoms in total. The summed E-state index contributed by atoms with van der Waals surface area (Å²) in [6, 6.07) is 6.54. The normalized spacial score (nSPS) is 11.5. The van der Waals surface area contributed by atoms with Gasteiger partial charge >= 0.3 is 0 Å². The highest BCUT2D eigenvalue weighted by atomic mass is 35.5. The minimum absolute atomic E-state index is 0.300. The van der Waals surface area contributed by atoms with Crippen LogP contribution in [0.2, 0.25) is 5.02 Å². The Hall–Kier alpha value is -1.66. The Balaban J connectivity index is 2.41. The van der Waals surface area contributed by atoms with Crippen LogP contribution < -0.4 is 5.56 Å². The average Bonchev–Trinajstić information content (AvgIpc) is 2.40. The van der Waals surface area contributed by atoms with E-state index in [1.54, 1.807) is 24.3 Å². The molecule has 1 aromatic heterocycles. The van der Waals surface area contributed by atoms with E-state index in [1.165, 1.54) is 17.0 Å². The molecule has 0 aliphatic carbocycles. The highest BCUT2D eigenvalue weighted by Crippen LogP contribution is 2.15. The van der Waals surface area contributed by atoms with Crippen molar-refractivity contribution >= 4 is 21.4 Å². The zero-order chi connectivity index (χ0) is 15.5. The highest BCUT2D eigenvalue weighted by molar-refractivity contribution is 7.90. The Labute approximate surface area is 128 Å². The number of benzene rings is 1. The van der Waals surface area contributed by atoms with E-state index in [0.29, 0.717) is 17.1 Å². The molecule has 2 rings (SSSR count). The monoisotopic (exact) mass is 326 g/mol. The molecule has 0 spiro atoms. The molecule has 2 aromatic rings. The van der Waals surface area contributed by atoms with Gasteiger partial charge in [0, 0.05) is 24.0 Å². The largest absolute Gasteiger partial charge is 0.312 e. The molecule has 0 amide bonds. The summed E-state index contributed by atoms with van der Waals surface area (Å²) in [6.45, 7) is 2.37. The number of hydrogen-bond donors (Lipinski definition) is 0. The summed E-state index contributed by atoms with van der Waals surface area (Å²) in [7, 11) is -3.80. The quantitative estimate of drug-likeness (QED) is 0.845. The van der Waals surface area contributed by atoms with Crippen molar-refractivity contribution in [2.75, 3.05) is 0 Å². The van der Waals surface area contributed by atoms with Crippen molar-refractivity contribution in [3.8, 4) is 0 Å². The van der Waals surface area contributed by atoms with Crippen LogP contribution in [0, 0.1) is 0 Å². The van der Waals surface area contributed by atoms with E-state index >= 15 is 0 Å². The molecule has 0 unspecified atom stereocenters. The molecule has 0 radical (unpaired) electrons. The first kappa shape index (κ1) is 15.7. The zero-order valence-electron chi connectivity index (χ0n) is 11.5. The van der Waals surface area contributed by atoms with Crippen molar-refractivity contribution in [1.29, 1.82) is 0 Å². The van der Waals surface area contributed by atoms with Gasteiger partial charge in [-0.1, -0.05) is 30.7 Å². The second-order valence-electron chi connectivity index (χ2n) is 4.62.